The second-order valence-corrected chi connectivity index (χ2v) is 7.44. The van der Waals surface area contributed by atoms with Crippen molar-refractivity contribution in [3.63, 3.8) is 0 Å². The van der Waals surface area contributed by atoms with Crippen molar-refractivity contribution < 1.29 is 9.90 Å². The Morgan fingerprint density at radius 2 is 2.00 bits per heavy atom. The monoisotopic (exact) mass is 428 g/mol. The summed E-state index contributed by atoms with van der Waals surface area (Å²) < 4.78 is 0.989. The third-order valence-electron chi connectivity index (χ3n) is 3.85. The normalized spacial score (nSPS) is 11.1. The van der Waals surface area contributed by atoms with E-state index in [-0.39, 0.29) is 5.75 Å². The highest BCUT2D eigenvalue weighted by atomic mass is 79.9. The summed E-state index contributed by atoms with van der Waals surface area (Å²) in [5.41, 5.74) is 3.88. The van der Waals surface area contributed by atoms with E-state index in [1.165, 1.54) is 0 Å². The molecule has 0 unspecified atom stereocenters. The van der Waals surface area contributed by atoms with E-state index in [0.717, 1.165) is 44.0 Å². The fourth-order valence-corrected chi connectivity index (χ4v) is 3.68. The standard InChI is InChI=1S/C18H13BrN4O2S/c19-11-6-7-13-12(8-11)15(10-4-2-1-3-5-10)16(20-13)17-21-18(23-22-17)26-9-14(24)25/h1-8,20H,9H2,(H,24,25)(H,21,22,23). The molecule has 0 atom stereocenters. The lowest BCUT2D eigenvalue weighted by Crippen LogP contribution is -1.97. The Hall–Kier alpha value is -2.58. The Morgan fingerprint density at radius 3 is 2.77 bits per heavy atom. The molecule has 0 fully saturated rings. The van der Waals surface area contributed by atoms with Crippen LogP contribution in [0.25, 0.3) is 33.5 Å². The van der Waals surface area contributed by atoms with Gasteiger partial charge in [-0.05, 0) is 23.8 Å². The van der Waals surface area contributed by atoms with Crippen molar-refractivity contribution in [3.8, 4) is 22.6 Å². The molecule has 2 aromatic carbocycles. The van der Waals surface area contributed by atoms with Crippen LogP contribution in [0.4, 0.5) is 0 Å². The van der Waals surface area contributed by atoms with Crippen LogP contribution in [0.15, 0.2) is 58.2 Å². The summed E-state index contributed by atoms with van der Waals surface area (Å²) in [7, 11) is 0. The predicted molar refractivity (Wildman–Crippen MR) is 105 cm³/mol. The minimum absolute atomic E-state index is 0.0809. The number of nitrogens with one attached hydrogen (secondary N) is 2. The minimum Gasteiger partial charge on any atom is -0.481 e. The second-order valence-electron chi connectivity index (χ2n) is 5.58. The molecule has 0 saturated heterocycles. The summed E-state index contributed by atoms with van der Waals surface area (Å²) in [5, 5.41) is 17.3. The third kappa shape index (κ3) is 3.25. The molecular formula is C18H13BrN4O2S. The second kappa shape index (κ2) is 6.97. The van der Waals surface area contributed by atoms with Crippen LogP contribution in [-0.4, -0.2) is 37.0 Å². The fraction of sp³-hybridized carbons (Fsp3) is 0.0556. The van der Waals surface area contributed by atoms with E-state index in [0.29, 0.717) is 11.0 Å². The first-order valence-corrected chi connectivity index (χ1v) is 9.53. The van der Waals surface area contributed by atoms with Gasteiger partial charge < -0.3 is 10.1 Å². The highest BCUT2D eigenvalue weighted by Crippen LogP contribution is 2.38. The highest BCUT2D eigenvalue weighted by Gasteiger charge is 2.18. The Kier molecular flexibility index (Phi) is 4.52. The molecule has 26 heavy (non-hydrogen) atoms. The first-order chi connectivity index (χ1) is 12.6. The third-order valence-corrected chi connectivity index (χ3v) is 5.17. The molecule has 130 valence electrons. The number of carbonyl (C=O) groups is 1. The van der Waals surface area contributed by atoms with Crippen LogP contribution in [0, 0.1) is 0 Å². The quantitative estimate of drug-likeness (QED) is 0.405. The zero-order valence-corrected chi connectivity index (χ0v) is 15.8. The molecule has 0 aliphatic rings. The molecule has 0 saturated carbocycles. The summed E-state index contributed by atoms with van der Waals surface area (Å²) in [6.07, 6.45) is 0. The van der Waals surface area contributed by atoms with E-state index in [9.17, 15) is 4.79 Å². The zero-order valence-electron chi connectivity index (χ0n) is 13.4. The molecule has 0 radical (unpaired) electrons. The summed E-state index contributed by atoms with van der Waals surface area (Å²) in [4.78, 5) is 18.6. The van der Waals surface area contributed by atoms with Crippen molar-refractivity contribution in [2.45, 2.75) is 5.16 Å². The number of fused-ring (bicyclic) bond motifs is 1. The maximum Gasteiger partial charge on any atom is 0.313 e. The first-order valence-electron chi connectivity index (χ1n) is 7.76. The largest absolute Gasteiger partial charge is 0.481 e. The molecule has 2 heterocycles. The summed E-state index contributed by atoms with van der Waals surface area (Å²) in [5.74, 6) is -0.409. The molecule has 0 aliphatic carbocycles. The number of H-pyrrole nitrogens is 2. The Morgan fingerprint density at radius 1 is 1.19 bits per heavy atom. The number of carboxylic acids is 1. The minimum atomic E-state index is -0.901. The lowest BCUT2D eigenvalue weighted by atomic mass is 10.0. The lowest BCUT2D eigenvalue weighted by molar-refractivity contribution is -0.133. The number of hydrogen-bond donors (Lipinski definition) is 3. The maximum atomic E-state index is 10.7. The predicted octanol–water partition coefficient (Wildman–Crippen LogP) is 4.56. The maximum absolute atomic E-state index is 10.7. The van der Waals surface area contributed by atoms with Crippen LogP contribution in [0.1, 0.15) is 0 Å². The number of hydrogen-bond acceptors (Lipinski definition) is 4. The number of aromatic amines is 2. The van der Waals surface area contributed by atoms with Crippen LogP contribution in [0.2, 0.25) is 0 Å². The Balaban J connectivity index is 1.86. The van der Waals surface area contributed by atoms with Gasteiger partial charge in [-0.15, -0.1) is 5.10 Å². The van der Waals surface area contributed by atoms with Crippen LogP contribution in [-0.2, 0) is 4.79 Å². The van der Waals surface area contributed by atoms with Crippen LogP contribution < -0.4 is 0 Å². The SMILES string of the molecule is O=C(O)CSc1n[nH]c(-c2[nH]c3ccc(Br)cc3c2-c2ccccc2)n1. The highest BCUT2D eigenvalue weighted by molar-refractivity contribution is 9.10. The zero-order chi connectivity index (χ0) is 18.1. The van der Waals surface area contributed by atoms with Crippen molar-refractivity contribution >= 4 is 44.6 Å². The van der Waals surface area contributed by atoms with E-state index < -0.39 is 5.97 Å². The average Bonchev–Trinajstić information content (AvgIpc) is 3.24. The topological polar surface area (TPSA) is 94.7 Å². The number of nitrogens with zero attached hydrogens (tertiary/aromatic N) is 2. The van der Waals surface area contributed by atoms with Gasteiger partial charge in [0.15, 0.2) is 5.82 Å². The van der Waals surface area contributed by atoms with Gasteiger partial charge in [0.1, 0.15) is 0 Å². The van der Waals surface area contributed by atoms with Crippen molar-refractivity contribution in [2.75, 3.05) is 5.75 Å². The van der Waals surface area contributed by atoms with Gasteiger partial charge in [0.2, 0.25) is 5.16 Å². The number of benzene rings is 2. The van der Waals surface area contributed by atoms with Gasteiger partial charge in [-0.25, -0.2) is 0 Å². The van der Waals surface area contributed by atoms with E-state index in [4.69, 9.17) is 5.11 Å². The van der Waals surface area contributed by atoms with E-state index >= 15 is 0 Å². The molecule has 0 aliphatic heterocycles. The van der Waals surface area contributed by atoms with Crippen LogP contribution in [0.3, 0.4) is 0 Å². The van der Waals surface area contributed by atoms with Crippen molar-refractivity contribution in [2.24, 2.45) is 0 Å². The molecule has 3 N–H and O–H groups in total. The van der Waals surface area contributed by atoms with E-state index in [2.05, 4.69) is 42.2 Å². The number of carboxylic acid groups (broad SMARTS) is 1. The Bertz CT molecular complexity index is 1090. The molecule has 0 spiro atoms. The number of aromatic nitrogens is 4. The molecular weight excluding hydrogens is 416 g/mol. The smallest absolute Gasteiger partial charge is 0.313 e. The summed E-state index contributed by atoms with van der Waals surface area (Å²) >= 11 is 4.61. The van der Waals surface area contributed by atoms with Gasteiger partial charge in [-0.2, -0.15) is 4.98 Å². The van der Waals surface area contributed by atoms with Crippen LogP contribution >= 0.6 is 27.7 Å². The fourth-order valence-electron chi connectivity index (χ4n) is 2.80. The number of aliphatic carboxylic acids is 1. The molecule has 0 bridgehead atoms. The number of rotatable bonds is 5. The Labute approximate surface area is 161 Å². The van der Waals surface area contributed by atoms with Crippen LogP contribution in [0.5, 0.6) is 0 Å². The molecule has 8 heteroatoms. The molecule has 4 rings (SSSR count). The van der Waals surface area contributed by atoms with Crippen molar-refractivity contribution in [1.29, 1.82) is 0 Å². The van der Waals surface area contributed by atoms with Gasteiger partial charge in [-0.1, -0.05) is 58.0 Å². The van der Waals surface area contributed by atoms with Gasteiger partial charge in [0.25, 0.3) is 0 Å². The first kappa shape index (κ1) is 16.9. The molecule has 2 aromatic heterocycles. The molecule has 6 nitrogen and oxygen atoms in total. The lowest BCUT2D eigenvalue weighted by Gasteiger charge is -2.03. The van der Waals surface area contributed by atoms with E-state index in [1.807, 2.05) is 42.5 Å². The van der Waals surface area contributed by atoms with Gasteiger partial charge in [0, 0.05) is 20.9 Å². The molecule has 4 aromatic rings. The number of thioether (sulfide) groups is 1. The summed E-state index contributed by atoms with van der Waals surface area (Å²) in [6, 6.07) is 16.1. The van der Waals surface area contributed by atoms with Crippen molar-refractivity contribution in [3.05, 3.63) is 53.0 Å². The van der Waals surface area contributed by atoms with Gasteiger partial charge in [-0.3, -0.25) is 9.89 Å². The average molecular weight is 429 g/mol. The summed E-state index contributed by atoms with van der Waals surface area (Å²) in [6.45, 7) is 0. The van der Waals surface area contributed by atoms with Gasteiger partial charge >= 0.3 is 5.97 Å². The van der Waals surface area contributed by atoms with Gasteiger partial charge in [0.05, 0.1) is 11.4 Å². The van der Waals surface area contributed by atoms with E-state index in [1.54, 1.807) is 0 Å². The van der Waals surface area contributed by atoms with Crippen molar-refractivity contribution in [1.82, 2.24) is 20.2 Å². The number of halogens is 1. The molecule has 0 amide bonds.